The molecule has 0 bridgehead atoms. The van der Waals surface area contributed by atoms with Gasteiger partial charge in [0, 0.05) is 7.11 Å². The fourth-order valence-electron chi connectivity index (χ4n) is 2.47. The van der Waals surface area contributed by atoms with Gasteiger partial charge >= 0.3 is 0 Å². The van der Waals surface area contributed by atoms with E-state index in [0.717, 1.165) is 5.92 Å². The van der Waals surface area contributed by atoms with Crippen molar-refractivity contribution in [3.05, 3.63) is 48.0 Å². The molecule has 82 valence electrons. The van der Waals surface area contributed by atoms with E-state index < -0.39 is 0 Å². The molecule has 16 heavy (non-hydrogen) atoms. The smallest absolute Gasteiger partial charge is 0.0855 e. The number of benzene rings is 2. The van der Waals surface area contributed by atoms with E-state index in [4.69, 9.17) is 4.74 Å². The van der Waals surface area contributed by atoms with E-state index in [9.17, 15) is 0 Å². The average Bonchev–Trinajstić information content (AvgIpc) is 3.15. The fourth-order valence-corrected chi connectivity index (χ4v) is 2.47. The molecule has 1 nitrogen and oxygen atoms in total. The SMILES string of the molecule is COC(c1cccc2ccccc12)C1CC1. The molecule has 0 spiro atoms. The third-order valence-electron chi connectivity index (χ3n) is 3.43. The van der Waals surface area contributed by atoms with Gasteiger partial charge < -0.3 is 4.74 Å². The Hall–Kier alpha value is -1.34. The van der Waals surface area contributed by atoms with Gasteiger partial charge in [-0.25, -0.2) is 0 Å². The maximum atomic E-state index is 5.67. The second-order valence-electron chi connectivity index (χ2n) is 4.56. The van der Waals surface area contributed by atoms with Crippen LogP contribution in [0.4, 0.5) is 0 Å². The van der Waals surface area contributed by atoms with Gasteiger partial charge in [0.05, 0.1) is 6.10 Å². The van der Waals surface area contributed by atoms with Crippen LogP contribution in [0.1, 0.15) is 24.5 Å². The van der Waals surface area contributed by atoms with Crippen LogP contribution in [0.3, 0.4) is 0 Å². The Labute approximate surface area is 96.0 Å². The minimum Gasteiger partial charge on any atom is -0.376 e. The van der Waals surface area contributed by atoms with Gasteiger partial charge in [-0.3, -0.25) is 0 Å². The third-order valence-corrected chi connectivity index (χ3v) is 3.43. The summed E-state index contributed by atoms with van der Waals surface area (Å²) in [4.78, 5) is 0. The molecule has 2 aromatic rings. The second kappa shape index (κ2) is 3.91. The van der Waals surface area contributed by atoms with E-state index >= 15 is 0 Å². The van der Waals surface area contributed by atoms with Crippen molar-refractivity contribution in [2.45, 2.75) is 18.9 Å². The topological polar surface area (TPSA) is 9.23 Å². The fraction of sp³-hybridized carbons (Fsp3) is 0.333. The van der Waals surface area contributed by atoms with Crippen molar-refractivity contribution in [3.63, 3.8) is 0 Å². The second-order valence-corrected chi connectivity index (χ2v) is 4.56. The minimum atomic E-state index is 0.283. The van der Waals surface area contributed by atoms with Crippen LogP contribution in [-0.4, -0.2) is 7.11 Å². The van der Waals surface area contributed by atoms with Gasteiger partial charge in [-0.15, -0.1) is 0 Å². The van der Waals surface area contributed by atoms with Crippen LogP contribution in [0.2, 0.25) is 0 Å². The average molecular weight is 212 g/mol. The van der Waals surface area contributed by atoms with E-state index in [1.54, 1.807) is 0 Å². The molecule has 0 amide bonds. The number of rotatable bonds is 3. The van der Waals surface area contributed by atoms with Crippen molar-refractivity contribution in [2.75, 3.05) is 7.11 Å². The summed E-state index contributed by atoms with van der Waals surface area (Å²) in [6.07, 6.45) is 2.90. The monoisotopic (exact) mass is 212 g/mol. The van der Waals surface area contributed by atoms with Crippen LogP contribution in [0.5, 0.6) is 0 Å². The van der Waals surface area contributed by atoms with Crippen molar-refractivity contribution >= 4 is 10.8 Å². The number of hydrogen-bond acceptors (Lipinski definition) is 1. The first-order chi connectivity index (χ1) is 7.90. The van der Waals surface area contributed by atoms with E-state index in [0.29, 0.717) is 0 Å². The predicted molar refractivity (Wildman–Crippen MR) is 66.4 cm³/mol. The van der Waals surface area contributed by atoms with Crippen molar-refractivity contribution < 1.29 is 4.74 Å². The lowest BCUT2D eigenvalue weighted by atomic mass is 9.98. The van der Waals surface area contributed by atoms with Crippen LogP contribution < -0.4 is 0 Å². The maximum absolute atomic E-state index is 5.67. The summed E-state index contributed by atoms with van der Waals surface area (Å²) in [6, 6.07) is 15.0. The highest BCUT2D eigenvalue weighted by Gasteiger charge is 2.33. The van der Waals surface area contributed by atoms with E-state index in [1.807, 2.05) is 7.11 Å². The number of ether oxygens (including phenoxy) is 1. The summed E-state index contributed by atoms with van der Waals surface area (Å²) in [5, 5.41) is 2.64. The summed E-state index contributed by atoms with van der Waals surface area (Å²) in [5.41, 5.74) is 1.35. The normalized spacial score (nSPS) is 17.6. The molecule has 0 heterocycles. The lowest BCUT2D eigenvalue weighted by Crippen LogP contribution is -2.04. The Morgan fingerprint density at radius 3 is 2.56 bits per heavy atom. The molecule has 1 saturated carbocycles. The molecule has 1 fully saturated rings. The van der Waals surface area contributed by atoms with Gasteiger partial charge in [0.25, 0.3) is 0 Å². The summed E-state index contributed by atoms with van der Waals surface area (Å²) >= 11 is 0. The Morgan fingerprint density at radius 2 is 1.81 bits per heavy atom. The van der Waals surface area contributed by atoms with Crippen molar-refractivity contribution in [1.82, 2.24) is 0 Å². The minimum absolute atomic E-state index is 0.283. The van der Waals surface area contributed by atoms with Gasteiger partial charge in [0.1, 0.15) is 0 Å². The van der Waals surface area contributed by atoms with Crippen molar-refractivity contribution in [2.24, 2.45) is 5.92 Å². The lowest BCUT2D eigenvalue weighted by molar-refractivity contribution is 0.0858. The lowest BCUT2D eigenvalue weighted by Gasteiger charge is -2.17. The molecule has 1 atom stereocenters. The quantitative estimate of drug-likeness (QED) is 0.748. The molecule has 1 heteroatoms. The standard InChI is InChI=1S/C15H16O/c1-16-15(12-9-10-12)14-8-4-6-11-5-2-3-7-13(11)14/h2-8,12,15H,9-10H2,1H3. The molecule has 0 N–H and O–H groups in total. The largest absolute Gasteiger partial charge is 0.376 e. The molecule has 0 saturated heterocycles. The van der Waals surface area contributed by atoms with Crippen molar-refractivity contribution in [1.29, 1.82) is 0 Å². The summed E-state index contributed by atoms with van der Waals surface area (Å²) in [5.74, 6) is 0.732. The Kier molecular flexibility index (Phi) is 2.41. The zero-order chi connectivity index (χ0) is 11.0. The molecule has 3 rings (SSSR count). The Balaban J connectivity index is 2.14. The maximum Gasteiger partial charge on any atom is 0.0855 e. The Bertz CT molecular complexity index is 494. The molecular weight excluding hydrogens is 196 g/mol. The van der Waals surface area contributed by atoms with Crippen LogP contribution in [0.15, 0.2) is 42.5 Å². The Morgan fingerprint density at radius 1 is 1.06 bits per heavy atom. The predicted octanol–water partition coefficient (Wildman–Crippen LogP) is 3.94. The van der Waals surface area contributed by atoms with Crippen LogP contribution >= 0.6 is 0 Å². The van der Waals surface area contributed by atoms with E-state index in [-0.39, 0.29) is 6.10 Å². The first kappa shape index (κ1) is 9.86. The molecule has 0 radical (unpaired) electrons. The number of fused-ring (bicyclic) bond motifs is 1. The van der Waals surface area contributed by atoms with E-state index in [1.165, 1.54) is 29.2 Å². The number of methoxy groups -OCH3 is 1. The van der Waals surface area contributed by atoms with Crippen LogP contribution in [-0.2, 0) is 4.74 Å². The summed E-state index contributed by atoms with van der Waals surface area (Å²) in [6.45, 7) is 0. The van der Waals surface area contributed by atoms with Crippen molar-refractivity contribution in [3.8, 4) is 0 Å². The molecule has 1 aliphatic rings. The van der Waals surface area contributed by atoms with Gasteiger partial charge in [-0.1, -0.05) is 42.5 Å². The van der Waals surface area contributed by atoms with Crippen LogP contribution in [0.25, 0.3) is 10.8 Å². The zero-order valence-electron chi connectivity index (χ0n) is 9.52. The third kappa shape index (κ3) is 1.61. The zero-order valence-corrected chi connectivity index (χ0v) is 9.52. The van der Waals surface area contributed by atoms with E-state index in [2.05, 4.69) is 42.5 Å². The van der Waals surface area contributed by atoms with Gasteiger partial charge in [-0.05, 0) is 35.1 Å². The molecule has 1 unspecified atom stereocenters. The summed E-state index contributed by atoms with van der Waals surface area (Å²) < 4.78 is 5.67. The molecule has 0 aliphatic heterocycles. The van der Waals surface area contributed by atoms with Gasteiger partial charge in [0.15, 0.2) is 0 Å². The highest BCUT2D eigenvalue weighted by molar-refractivity contribution is 5.86. The highest BCUT2D eigenvalue weighted by Crippen LogP contribution is 2.44. The first-order valence-corrected chi connectivity index (χ1v) is 5.90. The number of hydrogen-bond donors (Lipinski definition) is 0. The molecule has 2 aromatic carbocycles. The molecule has 1 aliphatic carbocycles. The van der Waals surface area contributed by atoms with Gasteiger partial charge in [-0.2, -0.15) is 0 Å². The summed E-state index contributed by atoms with van der Waals surface area (Å²) in [7, 11) is 1.82. The van der Waals surface area contributed by atoms with Gasteiger partial charge in [0.2, 0.25) is 0 Å². The van der Waals surface area contributed by atoms with Crippen LogP contribution in [0, 0.1) is 5.92 Å². The highest BCUT2D eigenvalue weighted by atomic mass is 16.5. The first-order valence-electron chi connectivity index (χ1n) is 5.90. The molecule has 0 aromatic heterocycles. The molecular formula is C15H16O.